The van der Waals surface area contributed by atoms with E-state index in [4.69, 9.17) is 5.73 Å². The molecule has 20 heavy (non-hydrogen) atoms. The molecule has 7 heteroatoms. The van der Waals surface area contributed by atoms with Gasteiger partial charge in [-0.05, 0) is 26.3 Å². The number of nitrogens with zero attached hydrogens (tertiary/aromatic N) is 4. The Morgan fingerprint density at radius 1 is 1.40 bits per heavy atom. The van der Waals surface area contributed by atoms with Gasteiger partial charge in [-0.3, -0.25) is 14.2 Å². The van der Waals surface area contributed by atoms with Crippen LogP contribution in [0.3, 0.4) is 0 Å². The maximum atomic E-state index is 11.9. The molecule has 0 atom stereocenters. The zero-order valence-corrected chi connectivity index (χ0v) is 12.1. The van der Waals surface area contributed by atoms with Crippen molar-refractivity contribution >= 4 is 11.6 Å². The van der Waals surface area contributed by atoms with E-state index in [9.17, 15) is 4.79 Å². The number of aryl methyl sites for hydroxylation is 4. The summed E-state index contributed by atoms with van der Waals surface area (Å²) in [6.07, 6.45) is 2.42. The van der Waals surface area contributed by atoms with Gasteiger partial charge in [0.2, 0.25) is 0 Å². The molecule has 2 aromatic rings. The number of carbonyl (C=O) groups is 1. The highest BCUT2D eigenvalue weighted by Crippen LogP contribution is 2.07. The molecule has 0 aliphatic rings. The first-order valence-corrected chi connectivity index (χ1v) is 6.55. The zero-order chi connectivity index (χ0) is 14.7. The van der Waals surface area contributed by atoms with Crippen LogP contribution < -0.4 is 11.1 Å². The third-order valence-electron chi connectivity index (χ3n) is 3.01. The second-order valence-electron chi connectivity index (χ2n) is 4.87. The molecule has 0 aromatic carbocycles. The lowest BCUT2D eigenvalue weighted by Gasteiger charge is -2.06. The van der Waals surface area contributed by atoms with Gasteiger partial charge >= 0.3 is 0 Å². The molecule has 7 nitrogen and oxygen atoms in total. The van der Waals surface area contributed by atoms with Crippen molar-refractivity contribution < 1.29 is 4.79 Å². The summed E-state index contributed by atoms with van der Waals surface area (Å²) >= 11 is 0. The summed E-state index contributed by atoms with van der Waals surface area (Å²) in [6, 6.07) is 2.03. The van der Waals surface area contributed by atoms with E-state index in [2.05, 4.69) is 15.5 Å². The predicted molar refractivity (Wildman–Crippen MR) is 76.3 cm³/mol. The van der Waals surface area contributed by atoms with Crippen LogP contribution in [0.25, 0.3) is 0 Å². The number of amides is 1. The van der Waals surface area contributed by atoms with E-state index in [1.165, 1.54) is 4.68 Å². The van der Waals surface area contributed by atoms with Crippen LogP contribution >= 0.6 is 0 Å². The van der Waals surface area contributed by atoms with Crippen molar-refractivity contribution in [3.05, 3.63) is 29.3 Å². The number of nitrogens with two attached hydrogens (primary N) is 1. The van der Waals surface area contributed by atoms with Crippen molar-refractivity contribution in [3.63, 3.8) is 0 Å². The normalized spacial score (nSPS) is 10.8. The number of aromatic nitrogens is 4. The van der Waals surface area contributed by atoms with Crippen LogP contribution in [0.5, 0.6) is 0 Å². The lowest BCUT2D eigenvalue weighted by Crippen LogP contribution is -2.26. The summed E-state index contributed by atoms with van der Waals surface area (Å²) in [7, 11) is 1.73. The van der Waals surface area contributed by atoms with Crippen LogP contribution in [0.4, 0.5) is 5.69 Å². The monoisotopic (exact) mass is 276 g/mol. The summed E-state index contributed by atoms with van der Waals surface area (Å²) in [5, 5.41) is 11.2. The Hall–Kier alpha value is -2.31. The summed E-state index contributed by atoms with van der Waals surface area (Å²) in [5.41, 5.74) is 8.51. The SMILES string of the molecule is Cc1cc(C)n(CCCNC(=O)c2nn(C)cc2N)n1. The maximum absolute atomic E-state index is 11.9. The Kier molecular flexibility index (Phi) is 4.07. The van der Waals surface area contributed by atoms with Gasteiger partial charge in [0.15, 0.2) is 5.69 Å². The molecule has 0 saturated carbocycles. The van der Waals surface area contributed by atoms with Crippen molar-refractivity contribution in [2.75, 3.05) is 12.3 Å². The fourth-order valence-electron chi connectivity index (χ4n) is 2.10. The highest BCUT2D eigenvalue weighted by atomic mass is 16.1. The Morgan fingerprint density at radius 3 is 2.70 bits per heavy atom. The number of anilines is 1. The van der Waals surface area contributed by atoms with E-state index in [-0.39, 0.29) is 11.6 Å². The minimum absolute atomic E-state index is 0.239. The van der Waals surface area contributed by atoms with Gasteiger partial charge in [-0.2, -0.15) is 10.2 Å². The molecule has 2 heterocycles. The van der Waals surface area contributed by atoms with E-state index >= 15 is 0 Å². The molecule has 1 amide bonds. The van der Waals surface area contributed by atoms with Crippen LogP contribution in [0.15, 0.2) is 12.3 Å². The number of rotatable bonds is 5. The lowest BCUT2D eigenvalue weighted by atomic mass is 10.3. The van der Waals surface area contributed by atoms with Crippen LogP contribution in [0, 0.1) is 13.8 Å². The van der Waals surface area contributed by atoms with Crippen molar-refractivity contribution in [2.24, 2.45) is 7.05 Å². The molecule has 2 aromatic heterocycles. The average molecular weight is 276 g/mol. The molecule has 0 spiro atoms. The highest BCUT2D eigenvalue weighted by Gasteiger charge is 2.13. The fraction of sp³-hybridized carbons (Fsp3) is 0.462. The van der Waals surface area contributed by atoms with Gasteiger partial charge in [0.05, 0.1) is 11.4 Å². The van der Waals surface area contributed by atoms with Gasteiger partial charge < -0.3 is 11.1 Å². The standard InChI is InChI=1S/C13H20N6O/c1-9-7-10(2)19(16-9)6-4-5-15-13(20)12-11(14)8-18(3)17-12/h7-8H,4-6,14H2,1-3H3,(H,15,20). The maximum Gasteiger partial charge on any atom is 0.273 e. The molecule has 0 aliphatic carbocycles. The van der Waals surface area contributed by atoms with Gasteiger partial charge in [-0.15, -0.1) is 0 Å². The molecule has 0 unspecified atom stereocenters. The molecule has 3 N–H and O–H groups in total. The smallest absolute Gasteiger partial charge is 0.273 e. The van der Waals surface area contributed by atoms with Gasteiger partial charge in [0.1, 0.15) is 0 Å². The average Bonchev–Trinajstić information content (AvgIpc) is 2.87. The summed E-state index contributed by atoms with van der Waals surface area (Å²) < 4.78 is 3.47. The van der Waals surface area contributed by atoms with E-state index in [1.54, 1.807) is 13.2 Å². The second kappa shape index (κ2) is 5.77. The lowest BCUT2D eigenvalue weighted by molar-refractivity contribution is 0.0947. The largest absolute Gasteiger partial charge is 0.396 e. The van der Waals surface area contributed by atoms with Gasteiger partial charge in [-0.1, -0.05) is 0 Å². The Balaban J connectivity index is 1.80. The van der Waals surface area contributed by atoms with Gasteiger partial charge in [-0.25, -0.2) is 0 Å². The predicted octanol–water partition coefficient (Wildman–Crippen LogP) is 0.636. The first-order chi connectivity index (χ1) is 9.47. The molecule has 0 saturated heterocycles. The number of hydrogen-bond acceptors (Lipinski definition) is 4. The van der Waals surface area contributed by atoms with Crippen LogP contribution in [0.1, 0.15) is 28.3 Å². The third-order valence-corrected chi connectivity index (χ3v) is 3.01. The minimum Gasteiger partial charge on any atom is -0.396 e. The van der Waals surface area contributed by atoms with Crippen LogP contribution in [0.2, 0.25) is 0 Å². The molecule has 0 fully saturated rings. The van der Waals surface area contributed by atoms with Gasteiger partial charge in [0.25, 0.3) is 5.91 Å². The van der Waals surface area contributed by atoms with Crippen molar-refractivity contribution in [2.45, 2.75) is 26.8 Å². The van der Waals surface area contributed by atoms with Crippen molar-refractivity contribution in [3.8, 4) is 0 Å². The molecular formula is C13H20N6O. The first kappa shape index (κ1) is 14.1. The zero-order valence-electron chi connectivity index (χ0n) is 12.1. The van der Waals surface area contributed by atoms with Crippen LogP contribution in [-0.2, 0) is 13.6 Å². The van der Waals surface area contributed by atoms with E-state index in [0.29, 0.717) is 12.2 Å². The Bertz CT molecular complexity index is 612. The topological polar surface area (TPSA) is 90.8 Å². The number of carbonyl (C=O) groups excluding carboxylic acids is 1. The Labute approximate surface area is 117 Å². The molecule has 0 bridgehead atoms. The molecule has 0 aliphatic heterocycles. The summed E-state index contributed by atoms with van der Waals surface area (Å²) in [6.45, 7) is 5.33. The minimum atomic E-state index is -0.239. The van der Waals surface area contributed by atoms with E-state index in [0.717, 1.165) is 24.4 Å². The number of hydrogen-bond donors (Lipinski definition) is 2. The van der Waals surface area contributed by atoms with Crippen molar-refractivity contribution in [1.82, 2.24) is 24.9 Å². The highest BCUT2D eigenvalue weighted by molar-refractivity contribution is 5.96. The molecular weight excluding hydrogens is 256 g/mol. The Morgan fingerprint density at radius 2 is 2.15 bits per heavy atom. The summed E-state index contributed by atoms with van der Waals surface area (Å²) in [5.74, 6) is -0.239. The fourth-order valence-corrected chi connectivity index (χ4v) is 2.10. The third kappa shape index (κ3) is 3.17. The van der Waals surface area contributed by atoms with Gasteiger partial charge in [0, 0.05) is 32.0 Å². The first-order valence-electron chi connectivity index (χ1n) is 6.55. The molecule has 108 valence electrons. The number of nitrogen functional groups attached to an aromatic ring is 1. The summed E-state index contributed by atoms with van der Waals surface area (Å²) in [4.78, 5) is 11.9. The van der Waals surface area contributed by atoms with E-state index in [1.807, 2.05) is 24.6 Å². The quantitative estimate of drug-likeness (QED) is 0.784. The molecule has 0 radical (unpaired) electrons. The second-order valence-corrected chi connectivity index (χ2v) is 4.87. The molecule has 2 rings (SSSR count). The van der Waals surface area contributed by atoms with Crippen LogP contribution in [-0.4, -0.2) is 32.0 Å². The van der Waals surface area contributed by atoms with E-state index < -0.39 is 0 Å². The van der Waals surface area contributed by atoms with Crippen molar-refractivity contribution in [1.29, 1.82) is 0 Å². The number of nitrogens with one attached hydrogen (secondary N) is 1.